The number of anilines is 1. The normalized spacial score (nSPS) is 21.5. The molecule has 8 heteroatoms. The molecule has 3 aliphatic rings. The van der Waals surface area contributed by atoms with Crippen LogP contribution in [0.15, 0.2) is 41.3 Å². The Kier molecular flexibility index (Phi) is 5.95. The van der Waals surface area contributed by atoms with Gasteiger partial charge in [-0.1, -0.05) is 26.0 Å². The Morgan fingerprint density at radius 3 is 2.46 bits per heavy atom. The summed E-state index contributed by atoms with van der Waals surface area (Å²) in [5.74, 6) is 0. The third kappa shape index (κ3) is 4.70. The van der Waals surface area contributed by atoms with E-state index in [0.717, 1.165) is 74.6 Å². The van der Waals surface area contributed by atoms with E-state index in [9.17, 15) is 13.2 Å². The summed E-state index contributed by atoms with van der Waals surface area (Å²) in [7, 11) is -3.20. The van der Waals surface area contributed by atoms with Crippen molar-refractivity contribution in [3.63, 3.8) is 0 Å². The van der Waals surface area contributed by atoms with Gasteiger partial charge >= 0.3 is 6.03 Å². The molecule has 2 amide bonds. The number of urea groups is 1. The van der Waals surface area contributed by atoms with Crippen LogP contribution in [0.4, 0.5) is 10.5 Å². The quantitative estimate of drug-likeness (QED) is 0.642. The van der Waals surface area contributed by atoms with Crippen LogP contribution in [0.2, 0.25) is 0 Å². The minimum Gasteiger partial charge on any atom is -0.324 e. The van der Waals surface area contributed by atoms with Crippen molar-refractivity contribution in [2.45, 2.75) is 56.9 Å². The number of hydrogen-bond donors (Lipinski definition) is 0. The number of carbonyl (C=O) groups is 1. The Labute approximate surface area is 209 Å². The number of likely N-dealkylation sites (tertiary alicyclic amines) is 2. The molecule has 5 rings (SSSR count). The Morgan fingerprint density at radius 2 is 1.74 bits per heavy atom. The monoisotopic (exact) mass is 496 g/mol. The van der Waals surface area contributed by atoms with E-state index in [-0.39, 0.29) is 16.9 Å². The van der Waals surface area contributed by atoms with E-state index in [0.29, 0.717) is 11.4 Å². The predicted molar refractivity (Wildman–Crippen MR) is 137 cm³/mol. The van der Waals surface area contributed by atoms with Gasteiger partial charge in [-0.15, -0.1) is 0 Å². The van der Waals surface area contributed by atoms with Gasteiger partial charge in [-0.05, 0) is 74.5 Å². The third-order valence-electron chi connectivity index (χ3n) is 8.09. The van der Waals surface area contributed by atoms with Gasteiger partial charge in [0.1, 0.15) is 0 Å². The van der Waals surface area contributed by atoms with Gasteiger partial charge in [-0.25, -0.2) is 13.2 Å². The number of rotatable bonds is 3. The van der Waals surface area contributed by atoms with Crippen LogP contribution in [0.25, 0.3) is 0 Å². The maximum atomic E-state index is 13.6. The van der Waals surface area contributed by atoms with Gasteiger partial charge in [0.15, 0.2) is 9.84 Å². The van der Waals surface area contributed by atoms with Gasteiger partial charge in [0.25, 0.3) is 0 Å². The van der Waals surface area contributed by atoms with Crippen molar-refractivity contribution in [3.05, 3.63) is 53.3 Å². The minimum absolute atomic E-state index is 0.111. The zero-order chi connectivity index (χ0) is 25.0. The number of piperidine rings is 1. The maximum Gasteiger partial charge on any atom is 0.324 e. The van der Waals surface area contributed by atoms with Gasteiger partial charge in [-0.2, -0.15) is 0 Å². The van der Waals surface area contributed by atoms with Gasteiger partial charge < -0.3 is 4.90 Å². The summed E-state index contributed by atoms with van der Waals surface area (Å²) in [6.07, 6.45) is 4.42. The van der Waals surface area contributed by atoms with Crippen molar-refractivity contribution in [2.24, 2.45) is 5.41 Å². The van der Waals surface area contributed by atoms with Crippen LogP contribution in [-0.4, -0.2) is 68.2 Å². The molecular weight excluding hydrogens is 460 g/mol. The lowest BCUT2D eigenvalue weighted by Gasteiger charge is -2.39. The number of hydrogen-bond acceptors (Lipinski definition) is 5. The van der Waals surface area contributed by atoms with E-state index in [1.54, 1.807) is 12.1 Å². The fourth-order valence-corrected chi connectivity index (χ4v) is 6.68. The molecule has 0 aliphatic carbocycles. The van der Waals surface area contributed by atoms with Gasteiger partial charge in [0, 0.05) is 43.5 Å². The van der Waals surface area contributed by atoms with Crippen molar-refractivity contribution < 1.29 is 13.2 Å². The van der Waals surface area contributed by atoms with Gasteiger partial charge in [0.05, 0.1) is 16.3 Å². The Morgan fingerprint density at radius 1 is 1.03 bits per heavy atom. The molecule has 2 saturated heterocycles. The molecule has 0 saturated carbocycles. The first kappa shape index (κ1) is 24.3. The van der Waals surface area contributed by atoms with Gasteiger partial charge in [-0.3, -0.25) is 14.8 Å². The van der Waals surface area contributed by atoms with Crippen LogP contribution in [0, 0.1) is 12.3 Å². The Balaban J connectivity index is 1.21. The highest BCUT2D eigenvalue weighted by molar-refractivity contribution is 7.90. The average Bonchev–Trinajstić information content (AvgIpc) is 3.33. The molecule has 0 N–H and O–H groups in total. The lowest BCUT2D eigenvalue weighted by Crippen LogP contribution is -2.46. The van der Waals surface area contributed by atoms with Crippen LogP contribution in [0.5, 0.6) is 0 Å². The molecule has 3 aliphatic heterocycles. The van der Waals surface area contributed by atoms with E-state index in [2.05, 4.69) is 23.6 Å². The lowest BCUT2D eigenvalue weighted by atomic mass is 9.77. The first-order valence-electron chi connectivity index (χ1n) is 12.5. The van der Waals surface area contributed by atoms with Crippen LogP contribution in [0.3, 0.4) is 0 Å². The van der Waals surface area contributed by atoms with Crippen LogP contribution in [-0.2, 0) is 21.8 Å². The minimum atomic E-state index is -3.20. The number of sulfone groups is 1. The van der Waals surface area contributed by atoms with Crippen molar-refractivity contribution in [1.82, 2.24) is 14.8 Å². The van der Waals surface area contributed by atoms with E-state index in [4.69, 9.17) is 4.98 Å². The smallest absolute Gasteiger partial charge is 0.324 e. The molecule has 0 bridgehead atoms. The summed E-state index contributed by atoms with van der Waals surface area (Å²) >= 11 is 0. The predicted octanol–water partition coefficient (Wildman–Crippen LogP) is 4.00. The molecule has 1 aromatic heterocycles. The summed E-state index contributed by atoms with van der Waals surface area (Å²) in [4.78, 5) is 25.1. The Hall–Kier alpha value is -2.45. The summed E-state index contributed by atoms with van der Waals surface area (Å²) in [5, 5.41) is 0. The Bertz CT molecular complexity index is 1250. The second-order valence-electron chi connectivity index (χ2n) is 11.4. The SMILES string of the molecule is Cc1ccc2c(n1)C(C)(C)CN2C(=O)N1CCC2(CCN(Cc3cccc(S(C)(=O)=O)c3)CC2)C1. The summed E-state index contributed by atoms with van der Waals surface area (Å²) < 4.78 is 23.8. The maximum absolute atomic E-state index is 13.6. The van der Waals surface area contributed by atoms with E-state index in [1.807, 2.05) is 36.1 Å². The molecule has 35 heavy (non-hydrogen) atoms. The molecule has 7 nitrogen and oxygen atoms in total. The number of carbonyl (C=O) groups excluding carboxylic acids is 1. The highest BCUT2D eigenvalue weighted by atomic mass is 32.2. The fraction of sp³-hybridized carbons (Fsp3) is 0.556. The topological polar surface area (TPSA) is 73.8 Å². The highest BCUT2D eigenvalue weighted by Crippen LogP contribution is 2.43. The van der Waals surface area contributed by atoms with Crippen LogP contribution < -0.4 is 4.90 Å². The second-order valence-corrected chi connectivity index (χ2v) is 13.5. The molecular formula is C27H36N4O3S. The van der Waals surface area contributed by atoms with Crippen molar-refractivity contribution >= 4 is 21.6 Å². The number of benzene rings is 1. The molecule has 0 atom stereocenters. The molecule has 2 aromatic rings. The number of pyridine rings is 1. The lowest BCUT2D eigenvalue weighted by molar-refractivity contribution is 0.105. The first-order chi connectivity index (χ1) is 16.5. The van der Waals surface area contributed by atoms with Crippen molar-refractivity contribution in [1.29, 1.82) is 0 Å². The number of amides is 2. The molecule has 0 radical (unpaired) electrons. The third-order valence-corrected chi connectivity index (χ3v) is 9.20. The average molecular weight is 497 g/mol. The molecule has 2 fully saturated rings. The van der Waals surface area contributed by atoms with Crippen LogP contribution >= 0.6 is 0 Å². The van der Waals surface area contributed by atoms with E-state index < -0.39 is 9.84 Å². The second kappa shape index (κ2) is 8.59. The summed E-state index contributed by atoms with van der Waals surface area (Å²) in [6, 6.07) is 11.4. The van der Waals surface area contributed by atoms with E-state index in [1.165, 1.54) is 6.26 Å². The number of fused-ring (bicyclic) bond motifs is 1. The van der Waals surface area contributed by atoms with Crippen molar-refractivity contribution in [2.75, 3.05) is 43.9 Å². The summed E-state index contributed by atoms with van der Waals surface area (Å²) in [5.41, 5.74) is 4.04. The number of aromatic nitrogens is 1. The largest absolute Gasteiger partial charge is 0.324 e. The van der Waals surface area contributed by atoms with E-state index >= 15 is 0 Å². The number of aryl methyl sites for hydroxylation is 1. The molecule has 1 spiro atoms. The highest BCUT2D eigenvalue weighted by Gasteiger charge is 2.46. The van der Waals surface area contributed by atoms with Gasteiger partial charge in [0.2, 0.25) is 0 Å². The standard InChI is InChI=1S/C27H36N4O3S/c1-20-8-9-23-24(28-20)26(2,3)18-31(23)25(32)30-15-12-27(19-30)10-13-29(14-11-27)17-21-6-5-7-22(16-21)35(4,33)34/h5-9,16H,10-15,17-19H2,1-4H3. The van der Waals surface area contributed by atoms with Crippen molar-refractivity contribution in [3.8, 4) is 0 Å². The van der Waals surface area contributed by atoms with Crippen LogP contribution in [0.1, 0.15) is 50.1 Å². The number of nitrogens with zero attached hydrogens (tertiary/aromatic N) is 4. The zero-order valence-electron chi connectivity index (χ0n) is 21.2. The zero-order valence-corrected chi connectivity index (χ0v) is 22.1. The summed E-state index contributed by atoms with van der Waals surface area (Å²) in [6.45, 7) is 11.3. The first-order valence-corrected chi connectivity index (χ1v) is 14.4. The molecule has 0 unspecified atom stereocenters. The molecule has 1 aromatic carbocycles. The molecule has 4 heterocycles. The molecule has 188 valence electrons. The fourth-order valence-electron chi connectivity index (χ4n) is 5.99.